The standard InChI is InChI=1S/C12H20N4O2/c1-4-14-11(17)8-16(5-2)12(18)10-6-9(13)7-15(10)3/h6-7H,4-5,8,13H2,1-3H3,(H,14,17). The highest BCUT2D eigenvalue weighted by Crippen LogP contribution is 2.11. The number of aryl methyl sites for hydroxylation is 1. The van der Waals surface area contributed by atoms with Crippen LogP contribution < -0.4 is 11.1 Å². The molecule has 0 saturated heterocycles. The van der Waals surface area contributed by atoms with Gasteiger partial charge in [0.15, 0.2) is 0 Å². The van der Waals surface area contributed by atoms with Crippen molar-refractivity contribution in [1.82, 2.24) is 14.8 Å². The molecular formula is C12H20N4O2. The number of nitrogens with two attached hydrogens (primary N) is 1. The lowest BCUT2D eigenvalue weighted by Gasteiger charge is -2.20. The van der Waals surface area contributed by atoms with Crippen molar-refractivity contribution in [3.8, 4) is 0 Å². The third kappa shape index (κ3) is 3.26. The second kappa shape index (κ2) is 6.09. The Balaban J connectivity index is 2.79. The van der Waals surface area contributed by atoms with Crippen LogP contribution in [0.2, 0.25) is 0 Å². The van der Waals surface area contributed by atoms with Crippen molar-refractivity contribution < 1.29 is 9.59 Å². The smallest absolute Gasteiger partial charge is 0.271 e. The van der Waals surface area contributed by atoms with Crippen LogP contribution in [0.3, 0.4) is 0 Å². The first-order valence-electron chi connectivity index (χ1n) is 5.97. The Labute approximate surface area is 107 Å². The summed E-state index contributed by atoms with van der Waals surface area (Å²) in [6.45, 7) is 4.77. The number of likely N-dealkylation sites (N-methyl/N-ethyl adjacent to an activating group) is 2. The van der Waals surface area contributed by atoms with Crippen LogP contribution in [0, 0.1) is 0 Å². The largest absolute Gasteiger partial charge is 0.397 e. The average molecular weight is 252 g/mol. The molecule has 0 unspecified atom stereocenters. The molecule has 6 nitrogen and oxygen atoms in total. The summed E-state index contributed by atoms with van der Waals surface area (Å²) in [5.74, 6) is -0.349. The van der Waals surface area contributed by atoms with Gasteiger partial charge in [-0.3, -0.25) is 9.59 Å². The summed E-state index contributed by atoms with van der Waals surface area (Å²) in [6.07, 6.45) is 1.67. The van der Waals surface area contributed by atoms with Crippen molar-refractivity contribution in [3.63, 3.8) is 0 Å². The predicted octanol–water partition coefficient (Wildman–Crippen LogP) is 0.206. The van der Waals surface area contributed by atoms with Crippen LogP contribution in [0.25, 0.3) is 0 Å². The molecule has 1 aromatic rings. The molecule has 3 N–H and O–H groups in total. The molecule has 0 aromatic carbocycles. The zero-order valence-electron chi connectivity index (χ0n) is 11.1. The monoisotopic (exact) mass is 252 g/mol. The van der Waals surface area contributed by atoms with Crippen molar-refractivity contribution in [3.05, 3.63) is 18.0 Å². The van der Waals surface area contributed by atoms with Gasteiger partial charge in [-0.2, -0.15) is 0 Å². The van der Waals surface area contributed by atoms with E-state index in [2.05, 4.69) is 5.32 Å². The molecule has 18 heavy (non-hydrogen) atoms. The maximum Gasteiger partial charge on any atom is 0.271 e. The van der Waals surface area contributed by atoms with Crippen LogP contribution in [-0.4, -0.2) is 40.9 Å². The summed E-state index contributed by atoms with van der Waals surface area (Å²) < 4.78 is 1.66. The fraction of sp³-hybridized carbons (Fsp3) is 0.500. The Bertz CT molecular complexity index is 439. The van der Waals surface area contributed by atoms with Crippen LogP contribution in [-0.2, 0) is 11.8 Å². The summed E-state index contributed by atoms with van der Waals surface area (Å²) in [5.41, 5.74) is 6.66. The summed E-state index contributed by atoms with van der Waals surface area (Å²) in [6, 6.07) is 1.61. The van der Waals surface area contributed by atoms with Gasteiger partial charge in [0.1, 0.15) is 5.69 Å². The molecule has 0 bridgehead atoms. The number of anilines is 1. The number of hydrogen-bond acceptors (Lipinski definition) is 3. The van der Waals surface area contributed by atoms with Crippen molar-refractivity contribution in [1.29, 1.82) is 0 Å². The van der Waals surface area contributed by atoms with Crippen molar-refractivity contribution >= 4 is 17.5 Å². The lowest BCUT2D eigenvalue weighted by Crippen LogP contribution is -2.41. The Kier molecular flexibility index (Phi) is 4.76. The maximum atomic E-state index is 12.2. The average Bonchev–Trinajstić information content (AvgIpc) is 2.65. The van der Waals surface area contributed by atoms with Gasteiger partial charge in [0.05, 0.1) is 12.2 Å². The van der Waals surface area contributed by atoms with Crippen LogP contribution in [0.15, 0.2) is 12.3 Å². The minimum absolute atomic E-state index is 0.0637. The fourth-order valence-corrected chi connectivity index (χ4v) is 1.72. The van der Waals surface area contributed by atoms with Gasteiger partial charge in [0.25, 0.3) is 5.91 Å². The number of nitrogens with zero attached hydrogens (tertiary/aromatic N) is 2. The zero-order valence-corrected chi connectivity index (χ0v) is 11.1. The number of amides is 2. The van der Waals surface area contributed by atoms with Gasteiger partial charge < -0.3 is 20.5 Å². The summed E-state index contributed by atoms with van der Waals surface area (Å²) in [7, 11) is 1.75. The molecule has 6 heteroatoms. The Morgan fingerprint density at radius 2 is 2.11 bits per heavy atom. The Morgan fingerprint density at radius 3 is 2.56 bits per heavy atom. The van der Waals surface area contributed by atoms with Crippen molar-refractivity contribution in [2.75, 3.05) is 25.4 Å². The first-order valence-corrected chi connectivity index (χ1v) is 5.97. The Morgan fingerprint density at radius 1 is 1.44 bits per heavy atom. The summed E-state index contributed by atoms with van der Waals surface area (Å²) in [5, 5.41) is 2.67. The molecule has 100 valence electrons. The highest BCUT2D eigenvalue weighted by molar-refractivity contribution is 5.96. The van der Waals surface area contributed by atoms with Crippen molar-refractivity contribution in [2.24, 2.45) is 7.05 Å². The minimum Gasteiger partial charge on any atom is -0.397 e. The highest BCUT2D eigenvalue weighted by Gasteiger charge is 2.19. The lowest BCUT2D eigenvalue weighted by atomic mass is 10.3. The number of rotatable bonds is 5. The van der Waals surface area contributed by atoms with E-state index in [1.165, 1.54) is 4.90 Å². The van der Waals surface area contributed by atoms with Gasteiger partial charge in [-0.15, -0.1) is 0 Å². The van der Waals surface area contributed by atoms with Gasteiger partial charge in [-0.1, -0.05) is 0 Å². The van der Waals surface area contributed by atoms with Gasteiger partial charge in [0.2, 0.25) is 5.91 Å². The molecule has 0 aliphatic carbocycles. The van der Waals surface area contributed by atoms with E-state index in [-0.39, 0.29) is 18.4 Å². The van der Waals surface area contributed by atoms with E-state index in [1.54, 1.807) is 23.9 Å². The Hall–Kier alpha value is -1.98. The van der Waals surface area contributed by atoms with Crippen LogP contribution >= 0.6 is 0 Å². The van der Waals surface area contributed by atoms with Crippen molar-refractivity contribution in [2.45, 2.75) is 13.8 Å². The normalized spacial score (nSPS) is 10.2. The molecular weight excluding hydrogens is 232 g/mol. The first-order chi connectivity index (χ1) is 8.49. The summed E-state index contributed by atoms with van der Waals surface area (Å²) in [4.78, 5) is 25.2. The number of carbonyl (C=O) groups excluding carboxylic acids is 2. The van der Waals surface area contributed by atoms with Crippen LogP contribution in [0.4, 0.5) is 5.69 Å². The quantitative estimate of drug-likeness (QED) is 0.786. The van der Waals surface area contributed by atoms with E-state index in [1.807, 2.05) is 13.8 Å². The highest BCUT2D eigenvalue weighted by atomic mass is 16.2. The zero-order chi connectivity index (χ0) is 13.7. The number of hydrogen-bond donors (Lipinski definition) is 2. The molecule has 0 atom stereocenters. The van der Waals surface area contributed by atoms with E-state index >= 15 is 0 Å². The van der Waals surface area contributed by atoms with Gasteiger partial charge in [-0.05, 0) is 19.9 Å². The lowest BCUT2D eigenvalue weighted by molar-refractivity contribution is -0.121. The van der Waals surface area contributed by atoms with Gasteiger partial charge in [-0.25, -0.2) is 0 Å². The third-order valence-electron chi connectivity index (χ3n) is 2.62. The minimum atomic E-state index is -0.192. The molecule has 1 aromatic heterocycles. The molecule has 0 saturated carbocycles. The SMILES string of the molecule is CCNC(=O)CN(CC)C(=O)c1cc(N)cn1C. The number of nitrogen functional groups attached to an aromatic ring is 1. The second-order valence-electron chi connectivity index (χ2n) is 4.04. The third-order valence-corrected chi connectivity index (χ3v) is 2.62. The summed E-state index contributed by atoms with van der Waals surface area (Å²) >= 11 is 0. The van der Waals surface area contributed by atoms with E-state index < -0.39 is 0 Å². The fourth-order valence-electron chi connectivity index (χ4n) is 1.72. The molecule has 0 aliphatic heterocycles. The topological polar surface area (TPSA) is 80.4 Å². The van der Waals surface area contributed by atoms with Gasteiger partial charge >= 0.3 is 0 Å². The van der Waals surface area contributed by atoms with E-state index in [9.17, 15) is 9.59 Å². The van der Waals surface area contributed by atoms with E-state index in [4.69, 9.17) is 5.73 Å². The molecule has 0 aliphatic rings. The molecule has 0 spiro atoms. The molecule has 1 rings (SSSR count). The van der Waals surface area contributed by atoms with Crippen LogP contribution in [0.1, 0.15) is 24.3 Å². The number of nitrogens with one attached hydrogen (secondary N) is 1. The van der Waals surface area contributed by atoms with Crippen LogP contribution in [0.5, 0.6) is 0 Å². The molecule has 1 heterocycles. The maximum absolute atomic E-state index is 12.2. The number of aromatic nitrogens is 1. The molecule has 2 amide bonds. The second-order valence-corrected chi connectivity index (χ2v) is 4.04. The number of carbonyl (C=O) groups is 2. The van der Waals surface area contributed by atoms with E-state index in [0.717, 1.165) is 0 Å². The van der Waals surface area contributed by atoms with Gasteiger partial charge in [0, 0.05) is 26.3 Å². The predicted molar refractivity (Wildman–Crippen MR) is 70.1 cm³/mol. The molecule has 0 fully saturated rings. The molecule has 0 radical (unpaired) electrons. The van der Waals surface area contributed by atoms with E-state index in [0.29, 0.717) is 24.5 Å². The first kappa shape index (κ1) is 14.1.